The SMILES string of the molecule is COc1ccc(NC(=O)[C@H](Cc2cccc(OC)c2OC)c2nn[nH]n2)cc1. The highest BCUT2D eigenvalue weighted by molar-refractivity contribution is 5.95. The summed E-state index contributed by atoms with van der Waals surface area (Å²) in [4.78, 5) is 13.0. The molecular weight excluding hydrogens is 362 g/mol. The minimum absolute atomic E-state index is 0.267. The van der Waals surface area contributed by atoms with Gasteiger partial charge in [0.2, 0.25) is 5.91 Å². The Morgan fingerprint density at radius 2 is 1.86 bits per heavy atom. The van der Waals surface area contributed by atoms with Gasteiger partial charge in [-0.2, -0.15) is 5.21 Å². The van der Waals surface area contributed by atoms with E-state index in [0.717, 1.165) is 5.56 Å². The Balaban J connectivity index is 1.87. The number of anilines is 1. The highest BCUT2D eigenvalue weighted by atomic mass is 16.5. The van der Waals surface area contributed by atoms with Gasteiger partial charge in [-0.1, -0.05) is 17.3 Å². The van der Waals surface area contributed by atoms with Crippen LogP contribution in [0.4, 0.5) is 5.69 Å². The monoisotopic (exact) mass is 383 g/mol. The molecule has 0 bridgehead atoms. The summed E-state index contributed by atoms with van der Waals surface area (Å²) in [5.41, 5.74) is 1.43. The Kier molecular flexibility index (Phi) is 6.05. The lowest BCUT2D eigenvalue weighted by Gasteiger charge is -2.17. The lowest BCUT2D eigenvalue weighted by atomic mass is 9.96. The number of carbonyl (C=O) groups is 1. The number of aromatic nitrogens is 4. The average molecular weight is 383 g/mol. The first-order valence-corrected chi connectivity index (χ1v) is 8.54. The van der Waals surface area contributed by atoms with Crippen LogP contribution in [0, 0.1) is 0 Å². The lowest BCUT2D eigenvalue weighted by molar-refractivity contribution is -0.117. The molecule has 0 aliphatic carbocycles. The maximum atomic E-state index is 13.0. The van der Waals surface area contributed by atoms with Crippen LogP contribution in [-0.4, -0.2) is 47.9 Å². The molecule has 3 aromatic rings. The number of methoxy groups -OCH3 is 3. The van der Waals surface area contributed by atoms with Crippen LogP contribution in [0.2, 0.25) is 0 Å². The minimum atomic E-state index is -0.679. The van der Waals surface area contributed by atoms with Crippen LogP contribution in [0.15, 0.2) is 42.5 Å². The second kappa shape index (κ2) is 8.85. The van der Waals surface area contributed by atoms with Gasteiger partial charge in [-0.25, -0.2) is 0 Å². The van der Waals surface area contributed by atoms with Crippen LogP contribution in [0.3, 0.4) is 0 Å². The van der Waals surface area contributed by atoms with Gasteiger partial charge in [0.15, 0.2) is 17.3 Å². The molecule has 2 aromatic carbocycles. The van der Waals surface area contributed by atoms with Gasteiger partial charge in [-0.15, -0.1) is 10.2 Å². The zero-order valence-electron chi connectivity index (χ0n) is 15.8. The van der Waals surface area contributed by atoms with E-state index in [1.807, 2.05) is 12.1 Å². The summed E-state index contributed by atoms with van der Waals surface area (Å²) in [5, 5.41) is 16.9. The van der Waals surface area contributed by atoms with Gasteiger partial charge in [0.25, 0.3) is 0 Å². The minimum Gasteiger partial charge on any atom is -0.497 e. The fraction of sp³-hybridized carbons (Fsp3) is 0.263. The summed E-state index contributed by atoms with van der Waals surface area (Å²) in [6, 6.07) is 12.6. The molecule has 0 fully saturated rings. The van der Waals surface area contributed by atoms with Gasteiger partial charge in [0, 0.05) is 5.69 Å². The Labute approximate surface area is 162 Å². The van der Waals surface area contributed by atoms with E-state index in [9.17, 15) is 4.79 Å². The number of aromatic amines is 1. The quantitative estimate of drug-likeness (QED) is 0.613. The highest BCUT2D eigenvalue weighted by Crippen LogP contribution is 2.34. The molecule has 9 nitrogen and oxygen atoms in total. The molecule has 0 aliphatic rings. The smallest absolute Gasteiger partial charge is 0.235 e. The Bertz CT molecular complexity index is 913. The Hall–Kier alpha value is -3.62. The van der Waals surface area contributed by atoms with Gasteiger partial charge in [0.1, 0.15) is 11.7 Å². The number of tetrazole rings is 1. The van der Waals surface area contributed by atoms with E-state index in [4.69, 9.17) is 14.2 Å². The molecule has 1 amide bonds. The number of nitrogens with one attached hydrogen (secondary N) is 2. The third kappa shape index (κ3) is 4.20. The molecule has 0 aliphatic heterocycles. The summed E-state index contributed by atoms with van der Waals surface area (Å²) in [5.74, 6) is 1.20. The third-order valence-corrected chi connectivity index (χ3v) is 4.26. The van der Waals surface area contributed by atoms with Gasteiger partial charge in [0.05, 0.1) is 21.3 Å². The first kappa shape index (κ1) is 19.2. The summed E-state index contributed by atoms with van der Waals surface area (Å²) in [6.45, 7) is 0. The maximum Gasteiger partial charge on any atom is 0.235 e. The van der Waals surface area contributed by atoms with E-state index in [1.165, 1.54) is 0 Å². The van der Waals surface area contributed by atoms with Crippen LogP contribution in [0.5, 0.6) is 17.2 Å². The molecule has 146 valence electrons. The lowest BCUT2D eigenvalue weighted by Crippen LogP contribution is -2.24. The number of ether oxygens (including phenoxy) is 3. The van der Waals surface area contributed by atoms with Gasteiger partial charge < -0.3 is 19.5 Å². The van der Waals surface area contributed by atoms with Crippen molar-refractivity contribution in [1.29, 1.82) is 0 Å². The molecule has 1 heterocycles. The second-order valence-electron chi connectivity index (χ2n) is 5.90. The number of H-pyrrole nitrogens is 1. The number of para-hydroxylation sites is 1. The summed E-state index contributed by atoms with van der Waals surface area (Å²) in [6.07, 6.45) is 0.307. The van der Waals surface area contributed by atoms with Gasteiger partial charge in [-0.3, -0.25) is 4.79 Å². The average Bonchev–Trinajstić information content (AvgIpc) is 3.26. The van der Waals surface area contributed by atoms with Gasteiger partial charge >= 0.3 is 0 Å². The number of carbonyl (C=O) groups excluding carboxylic acids is 1. The highest BCUT2D eigenvalue weighted by Gasteiger charge is 2.27. The van der Waals surface area contributed by atoms with Crippen molar-refractivity contribution >= 4 is 11.6 Å². The Morgan fingerprint density at radius 3 is 2.46 bits per heavy atom. The van der Waals surface area contributed by atoms with Crippen molar-refractivity contribution < 1.29 is 19.0 Å². The molecule has 0 saturated carbocycles. The fourth-order valence-electron chi connectivity index (χ4n) is 2.86. The molecular formula is C19H21N5O4. The molecule has 0 spiro atoms. The van der Waals surface area contributed by atoms with E-state index in [-0.39, 0.29) is 11.7 Å². The molecule has 0 radical (unpaired) electrons. The molecule has 3 rings (SSSR count). The van der Waals surface area contributed by atoms with Crippen LogP contribution in [0.25, 0.3) is 0 Å². The van der Waals surface area contributed by atoms with E-state index in [1.54, 1.807) is 51.7 Å². The van der Waals surface area contributed by atoms with Crippen LogP contribution < -0.4 is 19.5 Å². The molecule has 0 saturated heterocycles. The molecule has 0 unspecified atom stereocenters. The van der Waals surface area contributed by atoms with Crippen LogP contribution in [-0.2, 0) is 11.2 Å². The molecule has 2 N–H and O–H groups in total. The zero-order chi connectivity index (χ0) is 19.9. The predicted octanol–water partition coefficient (Wildman–Crippen LogP) is 2.19. The first-order valence-electron chi connectivity index (χ1n) is 8.54. The number of benzene rings is 2. The van der Waals surface area contributed by atoms with Crippen molar-refractivity contribution in [2.45, 2.75) is 12.3 Å². The van der Waals surface area contributed by atoms with Crippen LogP contribution >= 0.6 is 0 Å². The first-order chi connectivity index (χ1) is 13.7. The number of rotatable bonds is 8. The topological polar surface area (TPSA) is 111 Å². The summed E-state index contributed by atoms with van der Waals surface area (Å²) >= 11 is 0. The fourth-order valence-corrected chi connectivity index (χ4v) is 2.86. The molecule has 9 heteroatoms. The van der Waals surface area contributed by atoms with Crippen molar-refractivity contribution in [2.75, 3.05) is 26.6 Å². The number of hydrogen-bond donors (Lipinski definition) is 2. The van der Waals surface area contributed by atoms with E-state index in [0.29, 0.717) is 29.4 Å². The standard InChI is InChI=1S/C19H21N5O4/c1-26-14-9-7-13(8-10-14)20-19(25)15(18-21-23-24-22-18)11-12-5-4-6-16(27-2)17(12)28-3/h4-10,15H,11H2,1-3H3,(H,20,25)(H,21,22,23,24)/t15-/m1/s1. The maximum absolute atomic E-state index is 13.0. The van der Waals surface area contributed by atoms with E-state index < -0.39 is 5.92 Å². The second-order valence-corrected chi connectivity index (χ2v) is 5.90. The number of amides is 1. The summed E-state index contributed by atoms with van der Waals surface area (Å²) < 4.78 is 16.0. The normalized spacial score (nSPS) is 11.5. The summed E-state index contributed by atoms with van der Waals surface area (Å²) in [7, 11) is 4.71. The van der Waals surface area contributed by atoms with E-state index in [2.05, 4.69) is 25.9 Å². The van der Waals surface area contributed by atoms with Crippen molar-refractivity contribution in [1.82, 2.24) is 20.6 Å². The zero-order valence-corrected chi connectivity index (χ0v) is 15.8. The molecule has 1 atom stereocenters. The number of nitrogens with zero attached hydrogens (tertiary/aromatic N) is 3. The molecule has 1 aromatic heterocycles. The van der Waals surface area contributed by atoms with Crippen molar-refractivity contribution in [3.8, 4) is 17.2 Å². The number of hydrogen-bond acceptors (Lipinski definition) is 7. The van der Waals surface area contributed by atoms with Crippen LogP contribution in [0.1, 0.15) is 17.3 Å². The van der Waals surface area contributed by atoms with Gasteiger partial charge in [-0.05, 0) is 42.3 Å². The van der Waals surface area contributed by atoms with E-state index >= 15 is 0 Å². The third-order valence-electron chi connectivity index (χ3n) is 4.26. The Morgan fingerprint density at radius 1 is 1.07 bits per heavy atom. The predicted molar refractivity (Wildman–Crippen MR) is 102 cm³/mol. The largest absolute Gasteiger partial charge is 0.497 e. The molecule has 28 heavy (non-hydrogen) atoms. The van der Waals surface area contributed by atoms with Crippen molar-refractivity contribution in [3.63, 3.8) is 0 Å². The van der Waals surface area contributed by atoms with Crippen molar-refractivity contribution in [3.05, 3.63) is 53.9 Å². The van der Waals surface area contributed by atoms with Crippen molar-refractivity contribution in [2.24, 2.45) is 0 Å².